The fraction of sp³-hybridized carbons (Fsp3) is 0.200. The summed E-state index contributed by atoms with van der Waals surface area (Å²) >= 11 is 7.93. The van der Waals surface area contributed by atoms with E-state index in [2.05, 4.69) is 41.7 Å². The quantitative estimate of drug-likeness (QED) is 0.832. The van der Waals surface area contributed by atoms with Gasteiger partial charge in [-0.3, -0.25) is 0 Å². The highest BCUT2D eigenvalue weighted by Crippen LogP contribution is 2.41. The molecule has 0 aliphatic carbocycles. The number of hydrogen-bond donors (Lipinski definition) is 1. The third kappa shape index (κ3) is 2.16. The Morgan fingerprint density at radius 2 is 2.00 bits per heavy atom. The van der Waals surface area contributed by atoms with Crippen LogP contribution >= 0.6 is 23.4 Å². The number of nitrogens with one attached hydrogen (secondary N) is 1. The molecule has 92 valence electrons. The molecule has 0 spiro atoms. The predicted octanol–water partition coefficient (Wildman–Crippen LogP) is 4.31. The molecule has 1 N–H and O–H groups in total. The number of hydrogen-bond acceptors (Lipinski definition) is 2. The topological polar surface area (TPSA) is 12.0 Å². The van der Waals surface area contributed by atoms with Crippen LogP contribution in [-0.2, 0) is 6.42 Å². The van der Waals surface area contributed by atoms with Crippen molar-refractivity contribution in [3.05, 3.63) is 58.6 Å². The number of benzene rings is 2. The van der Waals surface area contributed by atoms with Gasteiger partial charge in [-0.05, 0) is 48.9 Å². The molecular formula is C15H14ClNS. The maximum absolute atomic E-state index is 6.10. The van der Waals surface area contributed by atoms with Gasteiger partial charge in [0.2, 0.25) is 0 Å². The minimum absolute atomic E-state index is 0.355. The van der Waals surface area contributed by atoms with Crippen LogP contribution in [0.25, 0.3) is 0 Å². The Morgan fingerprint density at radius 1 is 1.17 bits per heavy atom. The molecule has 1 heterocycles. The van der Waals surface area contributed by atoms with Crippen molar-refractivity contribution in [3.63, 3.8) is 0 Å². The number of halogens is 1. The van der Waals surface area contributed by atoms with Crippen molar-refractivity contribution in [2.75, 3.05) is 7.05 Å². The lowest BCUT2D eigenvalue weighted by atomic mass is 9.99. The Labute approximate surface area is 117 Å². The smallest absolute Gasteiger partial charge is 0.0409 e. The first kappa shape index (κ1) is 12.1. The second kappa shape index (κ2) is 4.96. The second-order valence-corrected chi connectivity index (χ2v) is 5.96. The van der Waals surface area contributed by atoms with Crippen LogP contribution in [0.5, 0.6) is 0 Å². The van der Waals surface area contributed by atoms with Crippen molar-refractivity contribution < 1.29 is 0 Å². The molecule has 2 aromatic carbocycles. The molecule has 0 radical (unpaired) electrons. The molecule has 1 aliphatic heterocycles. The van der Waals surface area contributed by atoms with E-state index in [1.807, 2.05) is 24.9 Å². The van der Waals surface area contributed by atoms with Crippen LogP contribution in [0.2, 0.25) is 5.02 Å². The summed E-state index contributed by atoms with van der Waals surface area (Å²) in [5.41, 5.74) is 2.69. The fourth-order valence-corrected chi connectivity index (χ4v) is 3.69. The minimum Gasteiger partial charge on any atom is -0.313 e. The largest absolute Gasteiger partial charge is 0.313 e. The predicted molar refractivity (Wildman–Crippen MR) is 77.5 cm³/mol. The number of rotatable bonds is 1. The van der Waals surface area contributed by atoms with Gasteiger partial charge in [0.1, 0.15) is 0 Å². The molecule has 1 atom stereocenters. The van der Waals surface area contributed by atoms with Gasteiger partial charge in [0.15, 0.2) is 0 Å². The average molecular weight is 276 g/mol. The summed E-state index contributed by atoms with van der Waals surface area (Å²) in [7, 11) is 2.02. The van der Waals surface area contributed by atoms with E-state index in [0.29, 0.717) is 6.04 Å². The van der Waals surface area contributed by atoms with E-state index in [-0.39, 0.29) is 0 Å². The Morgan fingerprint density at radius 3 is 2.83 bits per heavy atom. The molecule has 0 bridgehead atoms. The van der Waals surface area contributed by atoms with Crippen LogP contribution < -0.4 is 5.32 Å². The van der Waals surface area contributed by atoms with Crippen LogP contribution in [0.3, 0.4) is 0 Å². The molecule has 3 heteroatoms. The maximum Gasteiger partial charge on any atom is 0.0409 e. The first-order chi connectivity index (χ1) is 8.78. The third-order valence-corrected chi connectivity index (χ3v) is 4.75. The summed E-state index contributed by atoms with van der Waals surface area (Å²) in [4.78, 5) is 2.64. The van der Waals surface area contributed by atoms with Crippen LogP contribution in [0.1, 0.15) is 17.2 Å². The molecule has 0 unspecified atom stereocenters. The van der Waals surface area contributed by atoms with Crippen molar-refractivity contribution in [3.8, 4) is 0 Å². The Balaban J connectivity index is 2.13. The zero-order valence-corrected chi connectivity index (χ0v) is 11.7. The summed E-state index contributed by atoms with van der Waals surface area (Å²) in [6, 6.07) is 15.1. The van der Waals surface area contributed by atoms with Crippen LogP contribution in [0.4, 0.5) is 0 Å². The van der Waals surface area contributed by atoms with E-state index in [4.69, 9.17) is 11.6 Å². The van der Waals surface area contributed by atoms with E-state index in [1.165, 1.54) is 20.9 Å². The van der Waals surface area contributed by atoms with Gasteiger partial charge >= 0.3 is 0 Å². The Hall–Kier alpha value is -0.960. The standard InChI is InChI=1S/C15H14ClNS/c1-17-13-9-10-8-11(16)6-7-14(10)18-15-5-3-2-4-12(13)15/h2-8,13,17H,9H2,1H3/t13-/m1/s1. The van der Waals surface area contributed by atoms with Gasteiger partial charge in [0, 0.05) is 20.9 Å². The molecule has 0 amide bonds. The van der Waals surface area contributed by atoms with Gasteiger partial charge < -0.3 is 5.32 Å². The monoisotopic (exact) mass is 275 g/mol. The van der Waals surface area contributed by atoms with Crippen LogP contribution in [0, 0.1) is 0 Å². The van der Waals surface area contributed by atoms with E-state index in [0.717, 1.165) is 11.4 Å². The highest BCUT2D eigenvalue weighted by atomic mass is 35.5. The summed E-state index contributed by atoms with van der Waals surface area (Å²) in [5.74, 6) is 0. The van der Waals surface area contributed by atoms with Crippen molar-refractivity contribution in [1.29, 1.82) is 0 Å². The summed E-state index contributed by atoms with van der Waals surface area (Å²) < 4.78 is 0. The van der Waals surface area contributed by atoms with Gasteiger partial charge in [-0.2, -0.15) is 0 Å². The molecule has 0 fully saturated rings. The van der Waals surface area contributed by atoms with Gasteiger partial charge in [-0.1, -0.05) is 41.6 Å². The molecule has 2 aromatic rings. The zero-order chi connectivity index (χ0) is 12.5. The lowest BCUT2D eigenvalue weighted by Crippen LogP contribution is -2.18. The molecule has 3 rings (SSSR count). The van der Waals surface area contributed by atoms with Crippen LogP contribution in [-0.4, -0.2) is 7.05 Å². The van der Waals surface area contributed by atoms with Crippen molar-refractivity contribution >= 4 is 23.4 Å². The third-order valence-electron chi connectivity index (χ3n) is 3.31. The van der Waals surface area contributed by atoms with E-state index in [1.54, 1.807) is 0 Å². The highest BCUT2D eigenvalue weighted by molar-refractivity contribution is 7.99. The van der Waals surface area contributed by atoms with Crippen molar-refractivity contribution in [2.24, 2.45) is 0 Å². The summed E-state index contributed by atoms with van der Waals surface area (Å²) in [6.45, 7) is 0. The summed E-state index contributed by atoms with van der Waals surface area (Å²) in [5, 5.41) is 4.22. The van der Waals surface area contributed by atoms with Gasteiger partial charge in [-0.25, -0.2) is 0 Å². The van der Waals surface area contributed by atoms with Crippen molar-refractivity contribution in [1.82, 2.24) is 5.32 Å². The molecule has 1 aliphatic rings. The minimum atomic E-state index is 0.355. The van der Waals surface area contributed by atoms with Gasteiger partial charge in [-0.15, -0.1) is 0 Å². The first-order valence-electron chi connectivity index (χ1n) is 6.00. The SMILES string of the molecule is CN[C@@H]1Cc2cc(Cl)ccc2Sc2ccccc21. The lowest BCUT2D eigenvalue weighted by Gasteiger charge is -2.16. The summed E-state index contributed by atoms with van der Waals surface area (Å²) in [6.07, 6.45) is 0.983. The number of fused-ring (bicyclic) bond motifs is 2. The molecule has 0 aromatic heterocycles. The van der Waals surface area contributed by atoms with E-state index >= 15 is 0 Å². The van der Waals surface area contributed by atoms with Gasteiger partial charge in [0.05, 0.1) is 0 Å². The average Bonchev–Trinajstić information content (AvgIpc) is 2.54. The van der Waals surface area contributed by atoms with E-state index < -0.39 is 0 Å². The van der Waals surface area contributed by atoms with Crippen LogP contribution in [0.15, 0.2) is 52.3 Å². The molecule has 0 saturated heterocycles. The Kier molecular flexibility index (Phi) is 3.33. The molecule has 0 saturated carbocycles. The molecule has 18 heavy (non-hydrogen) atoms. The molecular weight excluding hydrogens is 262 g/mol. The number of likely N-dealkylation sites (N-methyl/N-ethyl adjacent to an activating group) is 1. The normalized spacial score (nSPS) is 17.8. The second-order valence-electron chi connectivity index (χ2n) is 4.44. The zero-order valence-electron chi connectivity index (χ0n) is 10.1. The lowest BCUT2D eigenvalue weighted by molar-refractivity contribution is 0.582. The highest BCUT2D eigenvalue weighted by Gasteiger charge is 2.21. The maximum atomic E-state index is 6.10. The fourth-order valence-electron chi connectivity index (χ4n) is 2.37. The Bertz CT molecular complexity index is 582. The van der Waals surface area contributed by atoms with Crippen molar-refractivity contribution in [2.45, 2.75) is 22.3 Å². The first-order valence-corrected chi connectivity index (χ1v) is 7.20. The molecule has 1 nitrogen and oxygen atoms in total. The van der Waals surface area contributed by atoms with Gasteiger partial charge in [0.25, 0.3) is 0 Å². The van der Waals surface area contributed by atoms with E-state index in [9.17, 15) is 0 Å².